The zero-order valence-corrected chi connectivity index (χ0v) is 35.6. The smallest absolute Gasteiger partial charge is 0.157 e. The molecule has 0 fully saturated rings. The third kappa shape index (κ3) is 6.53. The van der Waals surface area contributed by atoms with Gasteiger partial charge in [0, 0.05) is 47.8 Å². The topological polar surface area (TPSA) is 55.7 Å². The van der Waals surface area contributed by atoms with Crippen LogP contribution in [0.15, 0.2) is 228 Å². The van der Waals surface area contributed by atoms with Gasteiger partial charge in [0.25, 0.3) is 0 Å². The van der Waals surface area contributed by atoms with Crippen LogP contribution in [-0.4, -0.2) is 16.2 Å². The molecule has 4 nitrogen and oxygen atoms in total. The standard InChI is InChI=1S/C59H40N4S/c60-58(42-21-8-3-9-22-42)62-59(46-34-44(38-15-4-1-5-16-38)33-45(35-46)39-17-6-2-7-18-39)61-37-43-23-14-26-53-55(43)50-30-29-47(36-54(50)64-53)63-51-31-27-40-19-10-12-24-48(40)56(51)57-49-25-13-11-20-41(49)28-32-52(57)63/h1-36H,37H2,(H2,60,61,62). The molecule has 0 amide bonds. The summed E-state index contributed by atoms with van der Waals surface area (Å²) >= 11 is 1.83. The molecule has 0 aliphatic carbocycles. The summed E-state index contributed by atoms with van der Waals surface area (Å²) in [6, 6.07) is 77.7. The maximum Gasteiger partial charge on any atom is 0.157 e. The van der Waals surface area contributed by atoms with Crippen LogP contribution < -0.4 is 5.73 Å². The number of nitrogens with zero attached hydrogens (tertiary/aromatic N) is 3. The van der Waals surface area contributed by atoms with E-state index < -0.39 is 0 Å². The van der Waals surface area contributed by atoms with Gasteiger partial charge in [-0.25, -0.2) is 4.99 Å². The van der Waals surface area contributed by atoms with Gasteiger partial charge in [-0.2, -0.15) is 0 Å². The highest BCUT2D eigenvalue weighted by Crippen LogP contribution is 2.43. The second-order valence-corrected chi connectivity index (χ2v) is 17.4. The molecular formula is C59H40N4S. The van der Waals surface area contributed by atoms with E-state index in [1.165, 1.54) is 63.5 Å². The number of aromatic nitrogens is 1. The number of aliphatic imine (C=N–C) groups is 2. The summed E-state index contributed by atoms with van der Waals surface area (Å²) in [6.07, 6.45) is 0. The van der Waals surface area contributed by atoms with E-state index in [1.807, 2.05) is 53.8 Å². The largest absolute Gasteiger partial charge is 0.383 e. The summed E-state index contributed by atoms with van der Waals surface area (Å²) in [5.41, 5.74) is 17.7. The lowest BCUT2D eigenvalue weighted by Crippen LogP contribution is -2.16. The van der Waals surface area contributed by atoms with Crippen LogP contribution in [0.4, 0.5) is 0 Å². The van der Waals surface area contributed by atoms with Crippen molar-refractivity contribution in [2.24, 2.45) is 15.7 Å². The Balaban J connectivity index is 1.01. The Kier molecular flexibility index (Phi) is 9.20. The highest BCUT2D eigenvalue weighted by atomic mass is 32.1. The summed E-state index contributed by atoms with van der Waals surface area (Å²) in [5.74, 6) is 1.00. The SMILES string of the molecule is NC(=NC(=NCc1cccc2sc3cc(-n4c5ccc6ccccc6c5c5c6ccccc6ccc54)ccc3c12)c1cc(-c2ccccc2)cc(-c2ccccc2)c1)c1ccccc1. The van der Waals surface area contributed by atoms with E-state index in [0.29, 0.717) is 18.2 Å². The van der Waals surface area contributed by atoms with Crippen LogP contribution in [0.1, 0.15) is 16.7 Å². The molecule has 0 unspecified atom stereocenters. The second kappa shape index (κ2) is 15.7. The minimum atomic E-state index is 0.420. The highest BCUT2D eigenvalue weighted by molar-refractivity contribution is 7.25. The zero-order valence-electron chi connectivity index (χ0n) is 34.8. The van der Waals surface area contributed by atoms with Crippen molar-refractivity contribution < 1.29 is 0 Å². The third-order valence-electron chi connectivity index (χ3n) is 12.5. The van der Waals surface area contributed by atoms with Crippen LogP contribution in [-0.2, 0) is 6.54 Å². The van der Waals surface area contributed by atoms with Crippen molar-refractivity contribution in [3.8, 4) is 27.9 Å². The first-order chi connectivity index (χ1) is 31.6. The number of benzene rings is 10. The lowest BCUT2D eigenvalue weighted by atomic mass is 9.95. The van der Waals surface area contributed by atoms with Gasteiger partial charge in [0.2, 0.25) is 0 Å². The molecule has 0 bridgehead atoms. The number of rotatable bonds is 7. The van der Waals surface area contributed by atoms with E-state index in [0.717, 1.165) is 44.6 Å². The van der Waals surface area contributed by atoms with Gasteiger partial charge in [-0.3, -0.25) is 4.99 Å². The zero-order chi connectivity index (χ0) is 42.6. The molecule has 64 heavy (non-hydrogen) atoms. The number of fused-ring (bicyclic) bond motifs is 10. The van der Waals surface area contributed by atoms with Crippen LogP contribution in [0.3, 0.4) is 0 Å². The first-order valence-electron chi connectivity index (χ1n) is 21.6. The highest BCUT2D eigenvalue weighted by Gasteiger charge is 2.19. The number of thiophene rings is 1. The van der Waals surface area contributed by atoms with Crippen LogP contribution in [0.25, 0.3) is 91.5 Å². The molecule has 2 heterocycles. The Morgan fingerprint density at radius 2 is 1.02 bits per heavy atom. The van der Waals surface area contributed by atoms with Gasteiger partial charge in [0.1, 0.15) is 5.84 Å². The molecule has 302 valence electrons. The molecular weight excluding hydrogens is 797 g/mol. The summed E-state index contributed by atoms with van der Waals surface area (Å²) in [6.45, 7) is 0.426. The van der Waals surface area contributed by atoms with E-state index >= 15 is 0 Å². The summed E-state index contributed by atoms with van der Waals surface area (Å²) in [4.78, 5) is 10.5. The molecule has 0 aliphatic rings. The molecule has 0 atom stereocenters. The van der Waals surface area contributed by atoms with Gasteiger partial charge in [0.05, 0.1) is 17.6 Å². The van der Waals surface area contributed by atoms with Gasteiger partial charge >= 0.3 is 0 Å². The predicted octanol–water partition coefficient (Wildman–Crippen LogP) is 15.1. The normalized spacial score (nSPS) is 12.4. The first kappa shape index (κ1) is 37.6. The molecule has 0 saturated heterocycles. The van der Waals surface area contributed by atoms with Gasteiger partial charge in [-0.05, 0) is 97.9 Å². The van der Waals surface area contributed by atoms with Crippen molar-refractivity contribution in [1.82, 2.24) is 4.57 Å². The molecule has 2 aromatic heterocycles. The molecule has 0 spiro atoms. The average Bonchev–Trinajstić information content (AvgIpc) is 3.92. The summed E-state index contributed by atoms with van der Waals surface area (Å²) in [7, 11) is 0. The minimum absolute atomic E-state index is 0.420. The lowest BCUT2D eigenvalue weighted by Gasteiger charge is -2.12. The van der Waals surface area contributed by atoms with E-state index in [9.17, 15) is 0 Å². The van der Waals surface area contributed by atoms with Crippen LogP contribution >= 0.6 is 11.3 Å². The summed E-state index contributed by atoms with van der Waals surface area (Å²) in [5, 5.41) is 10.0. The fourth-order valence-electron chi connectivity index (χ4n) is 9.47. The predicted molar refractivity (Wildman–Crippen MR) is 273 cm³/mol. The van der Waals surface area contributed by atoms with Crippen molar-refractivity contribution in [2.45, 2.75) is 6.54 Å². The molecule has 0 aliphatic heterocycles. The van der Waals surface area contributed by atoms with Crippen molar-refractivity contribution in [3.05, 3.63) is 235 Å². The Labute approximate surface area is 374 Å². The first-order valence-corrected chi connectivity index (χ1v) is 22.4. The minimum Gasteiger partial charge on any atom is -0.383 e. The fraction of sp³-hybridized carbons (Fsp3) is 0.0169. The monoisotopic (exact) mass is 836 g/mol. The Morgan fingerprint density at radius 3 is 1.64 bits per heavy atom. The lowest BCUT2D eigenvalue weighted by molar-refractivity contribution is 1.08. The van der Waals surface area contributed by atoms with Crippen LogP contribution in [0, 0.1) is 0 Å². The van der Waals surface area contributed by atoms with E-state index in [2.05, 4.69) is 180 Å². The van der Waals surface area contributed by atoms with Gasteiger partial charge in [0.15, 0.2) is 5.84 Å². The maximum absolute atomic E-state index is 6.80. The van der Waals surface area contributed by atoms with Crippen LogP contribution in [0.5, 0.6) is 0 Å². The Hall–Kier alpha value is -8.12. The van der Waals surface area contributed by atoms with E-state index in [-0.39, 0.29) is 0 Å². The number of amidine groups is 2. The molecule has 12 rings (SSSR count). The van der Waals surface area contributed by atoms with Gasteiger partial charge in [-0.1, -0.05) is 170 Å². The number of hydrogen-bond donors (Lipinski definition) is 1. The molecule has 5 heteroatoms. The Bertz CT molecular complexity index is 3660. The fourth-order valence-corrected chi connectivity index (χ4v) is 10.7. The molecule has 12 aromatic rings. The van der Waals surface area contributed by atoms with Crippen molar-refractivity contribution in [3.63, 3.8) is 0 Å². The molecule has 10 aromatic carbocycles. The third-order valence-corrected chi connectivity index (χ3v) is 13.6. The van der Waals surface area contributed by atoms with Crippen molar-refractivity contribution in [1.29, 1.82) is 0 Å². The second-order valence-electron chi connectivity index (χ2n) is 16.3. The maximum atomic E-state index is 6.80. The van der Waals surface area contributed by atoms with Crippen molar-refractivity contribution >= 4 is 86.5 Å². The molecule has 0 saturated carbocycles. The van der Waals surface area contributed by atoms with E-state index in [4.69, 9.17) is 15.7 Å². The van der Waals surface area contributed by atoms with Crippen molar-refractivity contribution in [2.75, 3.05) is 0 Å². The number of nitrogens with two attached hydrogens (primary N) is 1. The average molecular weight is 837 g/mol. The van der Waals surface area contributed by atoms with Gasteiger partial charge in [-0.15, -0.1) is 11.3 Å². The van der Waals surface area contributed by atoms with Gasteiger partial charge < -0.3 is 10.3 Å². The van der Waals surface area contributed by atoms with Crippen LogP contribution in [0.2, 0.25) is 0 Å². The quantitative estimate of drug-likeness (QED) is 0.126. The number of hydrogen-bond acceptors (Lipinski definition) is 2. The molecule has 0 radical (unpaired) electrons. The molecule has 2 N–H and O–H groups in total. The Morgan fingerprint density at radius 1 is 0.438 bits per heavy atom. The van der Waals surface area contributed by atoms with E-state index in [1.54, 1.807) is 0 Å². The summed E-state index contributed by atoms with van der Waals surface area (Å²) < 4.78 is 4.91.